The number of nitrogens with zero attached hydrogens (tertiary/aromatic N) is 2. The Bertz CT molecular complexity index is 1030. The zero-order valence-corrected chi connectivity index (χ0v) is 18.6. The molecule has 0 unspecified atom stereocenters. The number of esters is 1. The van der Waals surface area contributed by atoms with Crippen LogP contribution < -0.4 is 4.90 Å². The van der Waals surface area contributed by atoms with Crippen molar-refractivity contribution in [2.75, 3.05) is 22.2 Å². The van der Waals surface area contributed by atoms with Gasteiger partial charge in [-0.25, -0.2) is 8.42 Å². The molecule has 0 aliphatic carbocycles. The molecular weight excluding hydrogens is 476 g/mol. The summed E-state index contributed by atoms with van der Waals surface area (Å²) in [6.45, 7) is 0.229. The fourth-order valence-electron chi connectivity index (χ4n) is 3.44. The number of hydrogen-bond acceptors (Lipinski definition) is 7. The van der Waals surface area contributed by atoms with E-state index in [1.165, 1.54) is 11.8 Å². The highest BCUT2D eigenvalue weighted by molar-refractivity contribution is 9.10. The first-order valence-corrected chi connectivity index (χ1v) is 12.7. The average molecular weight is 495 g/mol. The van der Waals surface area contributed by atoms with Gasteiger partial charge < -0.3 is 9.64 Å². The number of thioether (sulfide) groups is 1. The van der Waals surface area contributed by atoms with Crippen LogP contribution in [0, 0.1) is 0 Å². The first-order chi connectivity index (χ1) is 13.9. The van der Waals surface area contributed by atoms with E-state index in [0.29, 0.717) is 5.17 Å². The lowest BCUT2D eigenvalue weighted by atomic mass is 10.1. The third-order valence-corrected chi connectivity index (χ3v) is 7.94. The molecule has 1 saturated heterocycles. The van der Waals surface area contributed by atoms with Crippen molar-refractivity contribution in [3.05, 3.63) is 64.6 Å². The highest BCUT2D eigenvalue weighted by atomic mass is 79.9. The number of halogens is 1. The van der Waals surface area contributed by atoms with Gasteiger partial charge in [0.2, 0.25) is 0 Å². The molecule has 2 atom stereocenters. The number of sulfone groups is 1. The van der Waals surface area contributed by atoms with Gasteiger partial charge in [0.05, 0.1) is 29.3 Å². The normalized spacial score (nSPS) is 22.2. The first-order valence-electron chi connectivity index (χ1n) is 9.07. The van der Waals surface area contributed by atoms with Crippen molar-refractivity contribution in [2.24, 2.45) is 4.99 Å². The molecule has 6 nitrogen and oxygen atoms in total. The van der Waals surface area contributed by atoms with Crippen molar-refractivity contribution in [3.8, 4) is 0 Å². The van der Waals surface area contributed by atoms with E-state index in [1.807, 2.05) is 59.5 Å². The van der Waals surface area contributed by atoms with E-state index in [1.54, 1.807) is 0 Å². The van der Waals surface area contributed by atoms with Gasteiger partial charge >= 0.3 is 5.97 Å². The number of ether oxygens (including phenoxy) is 1. The topological polar surface area (TPSA) is 76.0 Å². The highest BCUT2D eigenvalue weighted by Crippen LogP contribution is 2.35. The molecule has 1 fully saturated rings. The van der Waals surface area contributed by atoms with E-state index in [2.05, 4.69) is 20.9 Å². The van der Waals surface area contributed by atoms with E-state index in [9.17, 15) is 13.2 Å². The summed E-state index contributed by atoms with van der Waals surface area (Å²) in [7, 11) is -3.11. The lowest BCUT2D eigenvalue weighted by Crippen LogP contribution is -2.39. The Hall–Kier alpha value is -1.84. The lowest BCUT2D eigenvalue weighted by Gasteiger charge is -2.26. The van der Waals surface area contributed by atoms with Crippen molar-refractivity contribution in [1.29, 1.82) is 0 Å². The summed E-state index contributed by atoms with van der Waals surface area (Å²) < 4.78 is 30.4. The predicted octanol–water partition coefficient (Wildman–Crippen LogP) is 3.27. The molecule has 152 valence electrons. The maximum Gasteiger partial charge on any atom is 0.316 e. The Labute approximate surface area is 182 Å². The second-order valence-corrected chi connectivity index (χ2v) is 10.9. The van der Waals surface area contributed by atoms with Gasteiger partial charge in [-0.15, -0.1) is 0 Å². The van der Waals surface area contributed by atoms with Crippen molar-refractivity contribution >= 4 is 54.4 Å². The van der Waals surface area contributed by atoms with Crippen LogP contribution in [0.2, 0.25) is 0 Å². The van der Waals surface area contributed by atoms with Crippen molar-refractivity contribution in [2.45, 2.75) is 18.7 Å². The molecule has 0 aromatic heterocycles. The smallest absolute Gasteiger partial charge is 0.316 e. The molecule has 0 N–H and O–H groups in total. The third-order valence-electron chi connectivity index (χ3n) is 4.77. The van der Waals surface area contributed by atoms with Crippen LogP contribution in [0.5, 0.6) is 0 Å². The van der Waals surface area contributed by atoms with Crippen LogP contribution in [0.15, 0.2) is 64.1 Å². The van der Waals surface area contributed by atoms with Crippen LogP contribution in [0.3, 0.4) is 0 Å². The standard InChI is InChI=1S/C20H19BrN2O4S2/c21-15-6-8-16(9-7-15)23-18-13-29(25,26)12-17(18)22-20(23)28-11-19(24)27-10-14-4-2-1-3-5-14/h1-9,17-18H,10-13H2/t17-,18+/m1/s1. The van der Waals surface area contributed by atoms with Crippen LogP contribution in [0.4, 0.5) is 5.69 Å². The van der Waals surface area contributed by atoms with E-state index >= 15 is 0 Å². The molecule has 0 radical (unpaired) electrons. The molecule has 9 heteroatoms. The van der Waals surface area contributed by atoms with Crippen LogP contribution >= 0.6 is 27.7 Å². The summed E-state index contributed by atoms with van der Waals surface area (Å²) in [6.07, 6.45) is 0. The second kappa shape index (κ2) is 8.49. The molecule has 0 amide bonds. The number of fused-ring (bicyclic) bond motifs is 1. The molecule has 2 aromatic carbocycles. The average Bonchev–Trinajstić information content (AvgIpc) is 3.17. The molecule has 0 saturated carbocycles. The van der Waals surface area contributed by atoms with Gasteiger partial charge in [-0.2, -0.15) is 0 Å². The first kappa shape index (κ1) is 20.4. The number of rotatable bonds is 5. The summed E-state index contributed by atoms with van der Waals surface area (Å²) in [6, 6.07) is 16.6. The Morgan fingerprint density at radius 3 is 2.59 bits per heavy atom. The van der Waals surface area contributed by atoms with E-state index < -0.39 is 9.84 Å². The largest absolute Gasteiger partial charge is 0.460 e. The van der Waals surface area contributed by atoms with Crippen LogP contribution in [-0.2, 0) is 26.0 Å². The fourth-order valence-corrected chi connectivity index (χ4v) is 6.47. The van der Waals surface area contributed by atoms with Gasteiger partial charge in [-0.05, 0) is 29.8 Å². The molecule has 2 heterocycles. The Morgan fingerprint density at radius 2 is 1.86 bits per heavy atom. The Morgan fingerprint density at radius 1 is 1.14 bits per heavy atom. The SMILES string of the molecule is O=C(CSC1=N[C@@H]2CS(=O)(=O)C[C@@H]2N1c1ccc(Br)cc1)OCc1ccccc1. The molecule has 4 rings (SSSR count). The summed E-state index contributed by atoms with van der Waals surface area (Å²) in [5.41, 5.74) is 1.79. The molecule has 2 aliphatic heterocycles. The zero-order valence-electron chi connectivity index (χ0n) is 15.4. The van der Waals surface area contributed by atoms with Gasteiger partial charge in [0.15, 0.2) is 15.0 Å². The number of hydrogen-bond donors (Lipinski definition) is 0. The molecule has 2 aromatic rings. The minimum atomic E-state index is -3.11. The van der Waals surface area contributed by atoms with Gasteiger partial charge in [-0.3, -0.25) is 9.79 Å². The second-order valence-electron chi connectivity index (χ2n) is 6.90. The van der Waals surface area contributed by atoms with Crippen LogP contribution in [0.25, 0.3) is 0 Å². The van der Waals surface area contributed by atoms with Gasteiger partial charge in [-0.1, -0.05) is 58.0 Å². The molecular formula is C20H19BrN2O4S2. The van der Waals surface area contributed by atoms with E-state index in [0.717, 1.165) is 15.7 Å². The number of amidine groups is 1. The van der Waals surface area contributed by atoms with Crippen molar-refractivity contribution in [3.63, 3.8) is 0 Å². The summed E-state index contributed by atoms with van der Waals surface area (Å²) >= 11 is 4.71. The van der Waals surface area contributed by atoms with E-state index in [4.69, 9.17) is 4.74 Å². The molecule has 2 aliphatic rings. The minimum absolute atomic E-state index is 0.0488. The summed E-state index contributed by atoms with van der Waals surface area (Å²) in [5.74, 6) is -0.0975. The Balaban J connectivity index is 1.44. The predicted molar refractivity (Wildman–Crippen MR) is 119 cm³/mol. The lowest BCUT2D eigenvalue weighted by molar-refractivity contribution is -0.141. The fraction of sp³-hybridized carbons (Fsp3) is 0.300. The maximum absolute atomic E-state index is 12.2. The quantitative estimate of drug-likeness (QED) is 0.593. The molecule has 0 bridgehead atoms. The van der Waals surface area contributed by atoms with Crippen LogP contribution in [-0.4, -0.2) is 48.9 Å². The van der Waals surface area contributed by atoms with Crippen molar-refractivity contribution < 1.29 is 17.9 Å². The van der Waals surface area contributed by atoms with E-state index in [-0.39, 0.29) is 41.9 Å². The summed E-state index contributed by atoms with van der Waals surface area (Å²) in [4.78, 5) is 18.8. The van der Waals surface area contributed by atoms with Gasteiger partial charge in [0.25, 0.3) is 0 Å². The summed E-state index contributed by atoms with van der Waals surface area (Å²) in [5, 5.41) is 0.661. The molecule has 0 spiro atoms. The number of anilines is 1. The number of aliphatic imine (C=N–C) groups is 1. The van der Waals surface area contributed by atoms with Gasteiger partial charge in [0, 0.05) is 10.2 Å². The third kappa shape index (κ3) is 4.84. The zero-order chi connectivity index (χ0) is 20.4. The molecule has 29 heavy (non-hydrogen) atoms. The number of carbonyl (C=O) groups is 1. The number of benzene rings is 2. The van der Waals surface area contributed by atoms with Gasteiger partial charge in [0.1, 0.15) is 6.61 Å². The van der Waals surface area contributed by atoms with Crippen LogP contribution in [0.1, 0.15) is 5.56 Å². The minimum Gasteiger partial charge on any atom is -0.460 e. The maximum atomic E-state index is 12.2. The Kier molecular flexibility index (Phi) is 5.98. The monoisotopic (exact) mass is 494 g/mol. The highest BCUT2D eigenvalue weighted by Gasteiger charge is 2.47. The van der Waals surface area contributed by atoms with Crippen molar-refractivity contribution in [1.82, 2.24) is 0 Å². The number of carbonyl (C=O) groups excluding carboxylic acids is 1.